The molecule has 1 saturated carbocycles. The van der Waals surface area contributed by atoms with Crippen molar-refractivity contribution in [2.24, 2.45) is 5.41 Å². The Labute approximate surface area is 92.0 Å². The van der Waals surface area contributed by atoms with Gasteiger partial charge >= 0.3 is 0 Å². The highest BCUT2D eigenvalue weighted by Gasteiger charge is 2.41. The number of hydrogen-bond acceptors (Lipinski definition) is 4. The highest BCUT2D eigenvalue weighted by molar-refractivity contribution is 4.94. The Balaban J connectivity index is 1.77. The van der Waals surface area contributed by atoms with Crippen LogP contribution in [0.25, 0.3) is 0 Å². The zero-order valence-electron chi connectivity index (χ0n) is 9.63. The van der Waals surface area contributed by atoms with Crippen LogP contribution in [0.4, 0.5) is 0 Å². The van der Waals surface area contributed by atoms with Crippen molar-refractivity contribution in [3.63, 3.8) is 0 Å². The zero-order chi connectivity index (χ0) is 11.0. The van der Waals surface area contributed by atoms with Gasteiger partial charge in [-0.25, -0.2) is 0 Å². The van der Waals surface area contributed by atoms with Crippen molar-refractivity contribution in [3.05, 3.63) is 0 Å². The first-order valence-corrected chi connectivity index (χ1v) is 5.71. The van der Waals surface area contributed by atoms with E-state index in [4.69, 9.17) is 14.6 Å². The normalized spacial score (nSPS) is 18.0. The summed E-state index contributed by atoms with van der Waals surface area (Å²) in [6.45, 7) is 4.36. The minimum absolute atomic E-state index is 0.219. The van der Waals surface area contributed by atoms with Crippen LogP contribution >= 0.6 is 0 Å². The number of ether oxygens (including phenoxy) is 2. The standard InChI is InChI=1S/C11H23NO3/c1-14-7-8-15-6-2-5-12-9-11(10-13)3-4-11/h12-13H,2-10H2,1H3. The molecule has 0 bridgehead atoms. The summed E-state index contributed by atoms with van der Waals surface area (Å²) in [5.41, 5.74) is 0.219. The van der Waals surface area contributed by atoms with Gasteiger partial charge in [-0.15, -0.1) is 0 Å². The molecule has 0 radical (unpaired) electrons. The molecule has 0 heterocycles. The first kappa shape index (κ1) is 12.9. The van der Waals surface area contributed by atoms with Crippen LogP contribution < -0.4 is 5.32 Å². The molecule has 2 N–H and O–H groups in total. The third kappa shape index (κ3) is 5.47. The second kappa shape index (κ2) is 7.17. The van der Waals surface area contributed by atoms with Gasteiger partial charge in [0.25, 0.3) is 0 Å². The molecule has 0 saturated heterocycles. The number of aliphatic hydroxyl groups is 1. The minimum Gasteiger partial charge on any atom is -0.396 e. The molecule has 0 aromatic carbocycles. The van der Waals surface area contributed by atoms with E-state index >= 15 is 0 Å². The maximum atomic E-state index is 9.08. The lowest BCUT2D eigenvalue weighted by Crippen LogP contribution is -2.27. The topological polar surface area (TPSA) is 50.7 Å². The van der Waals surface area contributed by atoms with Crippen LogP contribution in [-0.4, -0.2) is 51.7 Å². The Morgan fingerprint density at radius 1 is 1.27 bits per heavy atom. The number of aliphatic hydroxyl groups excluding tert-OH is 1. The van der Waals surface area contributed by atoms with Crippen molar-refractivity contribution >= 4 is 0 Å². The van der Waals surface area contributed by atoms with Gasteiger partial charge in [0.05, 0.1) is 13.2 Å². The Morgan fingerprint density at radius 2 is 2.07 bits per heavy atom. The molecule has 15 heavy (non-hydrogen) atoms. The van der Waals surface area contributed by atoms with E-state index in [9.17, 15) is 0 Å². The van der Waals surface area contributed by atoms with E-state index in [1.165, 1.54) is 12.8 Å². The van der Waals surface area contributed by atoms with Crippen LogP contribution in [-0.2, 0) is 9.47 Å². The molecule has 1 aliphatic rings. The molecule has 1 aliphatic carbocycles. The highest BCUT2D eigenvalue weighted by atomic mass is 16.5. The monoisotopic (exact) mass is 217 g/mol. The Hall–Kier alpha value is -0.160. The largest absolute Gasteiger partial charge is 0.396 e. The molecular weight excluding hydrogens is 194 g/mol. The maximum absolute atomic E-state index is 9.08. The predicted octanol–water partition coefficient (Wildman–Crippen LogP) is 0.402. The fourth-order valence-electron chi connectivity index (χ4n) is 1.46. The van der Waals surface area contributed by atoms with Gasteiger partial charge in [0, 0.05) is 32.3 Å². The Kier molecular flexibility index (Phi) is 6.17. The molecule has 0 spiro atoms. The summed E-state index contributed by atoms with van der Waals surface area (Å²) in [6.07, 6.45) is 3.35. The number of nitrogens with one attached hydrogen (secondary N) is 1. The molecule has 0 unspecified atom stereocenters. The summed E-state index contributed by atoms with van der Waals surface area (Å²) in [7, 11) is 1.68. The Morgan fingerprint density at radius 3 is 2.67 bits per heavy atom. The minimum atomic E-state index is 0.219. The molecule has 4 nitrogen and oxygen atoms in total. The van der Waals surface area contributed by atoms with E-state index in [0.717, 1.165) is 26.1 Å². The highest BCUT2D eigenvalue weighted by Crippen LogP contribution is 2.44. The summed E-state index contributed by atoms with van der Waals surface area (Å²) in [5.74, 6) is 0. The van der Waals surface area contributed by atoms with Gasteiger partial charge in [-0.1, -0.05) is 0 Å². The molecule has 0 atom stereocenters. The lowest BCUT2D eigenvalue weighted by Gasteiger charge is -2.12. The zero-order valence-corrected chi connectivity index (χ0v) is 9.63. The van der Waals surface area contributed by atoms with Crippen LogP contribution in [0.1, 0.15) is 19.3 Å². The van der Waals surface area contributed by atoms with Crippen LogP contribution in [0.5, 0.6) is 0 Å². The van der Waals surface area contributed by atoms with Crippen molar-refractivity contribution < 1.29 is 14.6 Å². The summed E-state index contributed by atoms with van der Waals surface area (Å²) in [5, 5.41) is 12.4. The summed E-state index contributed by atoms with van der Waals surface area (Å²) in [4.78, 5) is 0. The first-order valence-electron chi connectivity index (χ1n) is 5.71. The molecule has 0 aliphatic heterocycles. The van der Waals surface area contributed by atoms with Crippen molar-refractivity contribution in [1.29, 1.82) is 0 Å². The van der Waals surface area contributed by atoms with Crippen molar-refractivity contribution in [3.8, 4) is 0 Å². The van der Waals surface area contributed by atoms with Crippen molar-refractivity contribution in [2.75, 3.05) is 46.6 Å². The van der Waals surface area contributed by atoms with Crippen LogP contribution in [0, 0.1) is 5.41 Å². The lowest BCUT2D eigenvalue weighted by molar-refractivity contribution is 0.0692. The van der Waals surface area contributed by atoms with Crippen molar-refractivity contribution in [1.82, 2.24) is 5.32 Å². The van der Waals surface area contributed by atoms with Crippen LogP contribution in [0.15, 0.2) is 0 Å². The molecule has 90 valence electrons. The van der Waals surface area contributed by atoms with Gasteiger partial charge in [-0.05, 0) is 25.8 Å². The predicted molar refractivity (Wildman–Crippen MR) is 58.9 cm³/mol. The van der Waals surface area contributed by atoms with Gasteiger partial charge in [-0.3, -0.25) is 0 Å². The van der Waals surface area contributed by atoms with Gasteiger partial charge < -0.3 is 19.9 Å². The maximum Gasteiger partial charge on any atom is 0.0700 e. The van der Waals surface area contributed by atoms with E-state index in [1.807, 2.05) is 0 Å². The second-order valence-corrected chi connectivity index (χ2v) is 4.29. The van der Waals surface area contributed by atoms with Gasteiger partial charge in [-0.2, -0.15) is 0 Å². The molecule has 4 heteroatoms. The molecule has 1 fully saturated rings. The van der Waals surface area contributed by atoms with Crippen LogP contribution in [0.2, 0.25) is 0 Å². The fraction of sp³-hybridized carbons (Fsp3) is 1.00. The number of methoxy groups -OCH3 is 1. The smallest absolute Gasteiger partial charge is 0.0700 e. The number of rotatable bonds is 10. The molecule has 0 aromatic rings. The summed E-state index contributed by atoms with van der Waals surface area (Å²) < 4.78 is 10.2. The van der Waals surface area contributed by atoms with Gasteiger partial charge in [0.2, 0.25) is 0 Å². The SMILES string of the molecule is COCCOCCCNCC1(CO)CC1. The molecule has 1 rings (SSSR count). The van der Waals surface area contributed by atoms with E-state index in [-0.39, 0.29) is 5.41 Å². The van der Waals surface area contributed by atoms with E-state index in [0.29, 0.717) is 19.8 Å². The second-order valence-electron chi connectivity index (χ2n) is 4.29. The van der Waals surface area contributed by atoms with E-state index < -0.39 is 0 Å². The first-order chi connectivity index (χ1) is 7.33. The summed E-state index contributed by atoms with van der Waals surface area (Å²) >= 11 is 0. The summed E-state index contributed by atoms with van der Waals surface area (Å²) in [6, 6.07) is 0. The third-order valence-electron chi connectivity index (χ3n) is 2.87. The molecule has 0 aromatic heterocycles. The quantitative estimate of drug-likeness (QED) is 0.520. The molecule has 0 amide bonds. The van der Waals surface area contributed by atoms with E-state index in [2.05, 4.69) is 5.32 Å². The Bertz CT molecular complexity index is 160. The van der Waals surface area contributed by atoms with Gasteiger partial charge in [0.1, 0.15) is 0 Å². The van der Waals surface area contributed by atoms with Crippen molar-refractivity contribution in [2.45, 2.75) is 19.3 Å². The average Bonchev–Trinajstić information content (AvgIpc) is 3.03. The fourth-order valence-corrected chi connectivity index (χ4v) is 1.46. The van der Waals surface area contributed by atoms with Gasteiger partial charge in [0.15, 0.2) is 0 Å². The number of hydrogen-bond donors (Lipinski definition) is 2. The third-order valence-corrected chi connectivity index (χ3v) is 2.87. The lowest BCUT2D eigenvalue weighted by atomic mass is 10.1. The van der Waals surface area contributed by atoms with Crippen LogP contribution in [0.3, 0.4) is 0 Å². The molecular formula is C11H23NO3. The van der Waals surface area contributed by atoms with E-state index in [1.54, 1.807) is 7.11 Å². The average molecular weight is 217 g/mol.